The summed E-state index contributed by atoms with van der Waals surface area (Å²) < 4.78 is 10.4. The van der Waals surface area contributed by atoms with Crippen LogP contribution in [0.15, 0.2) is 48.8 Å². The lowest BCUT2D eigenvalue weighted by Gasteiger charge is -2.10. The largest absolute Gasteiger partial charge is 0.497 e. The molecule has 0 spiro atoms. The molecular formula is C18H14ClN3O3. The van der Waals surface area contributed by atoms with Crippen molar-refractivity contribution in [2.75, 3.05) is 7.11 Å². The van der Waals surface area contributed by atoms with Crippen LogP contribution in [0.4, 0.5) is 0 Å². The molecule has 0 unspecified atom stereocenters. The van der Waals surface area contributed by atoms with Gasteiger partial charge in [-0.2, -0.15) is 0 Å². The molecular weight excluding hydrogens is 342 g/mol. The van der Waals surface area contributed by atoms with Crippen molar-refractivity contribution >= 4 is 17.6 Å². The topological polar surface area (TPSA) is 74.2 Å². The number of ether oxygens (including phenoxy) is 2. The fourth-order valence-corrected chi connectivity index (χ4v) is 2.34. The highest BCUT2D eigenvalue weighted by Crippen LogP contribution is 2.32. The van der Waals surface area contributed by atoms with Crippen LogP contribution in [-0.4, -0.2) is 28.0 Å². The van der Waals surface area contributed by atoms with E-state index < -0.39 is 5.97 Å². The first-order chi connectivity index (χ1) is 12.1. The van der Waals surface area contributed by atoms with Gasteiger partial charge in [0.25, 0.3) is 0 Å². The summed E-state index contributed by atoms with van der Waals surface area (Å²) in [6.45, 7) is 1.33. The van der Waals surface area contributed by atoms with Crippen LogP contribution in [0.5, 0.6) is 11.5 Å². The second-order valence-corrected chi connectivity index (χ2v) is 5.53. The third-order valence-corrected chi connectivity index (χ3v) is 3.61. The van der Waals surface area contributed by atoms with Crippen molar-refractivity contribution in [3.8, 4) is 34.3 Å². The number of rotatable bonds is 4. The normalized spacial score (nSPS) is 10.4. The molecule has 0 bridgehead atoms. The number of halogens is 1. The average Bonchev–Trinajstić information content (AvgIpc) is 2.62. The zero-order valence-electron chi connectivity index (χ0n) is 13.6. The molecule has 1 heterocycles. The Bertz CT molecular complexity index is 914. The highest BCUT2D eigenvalue weighted by Gasteiger charge is 2.14. The van der Waals surface area contributed by atoms with E-state index in [1.165, 1.54) is 20.4 Å². The Morgan fingerprint density at radius 3 is 2.44 bits per heavy atom. The van der Waals surface area contributed by atoms with E-state index in [9.17, 15) is 4.79 Å². The van der Waals surface area contributed by atoms with Crippen molar-refractivity contribution in [1.29, 1.82) is 0 Å². The number of methoxy groups -OCH3 is 1. The Hall–Kier alpha value is -2.99. The molecule has 6 nitrogen and oxygen atoms in total. The van der Waals surface area contributed by atoms with Crippen LogP contribution >= 0.6 is 11.6 Å². The Kier molecular flexibility index (Phi) is 4.90. The molecule has 2 aromatic carbocycles. The summed E-state index contributed by atoms with van der Waals surface area (Å²) in [4.78, 5) is 24.2. The third kappa shape index (κ3) is 3.92. The zero-order valence-corrected chi connectivity index (χ0v) is 14.3. The molecule has 0 aliphatic rings. The molecule has 0 amide bonds. The number of nitrogens with zero attached hydrogens (tertiary/aromatic N) is 3. The first-order valence-corrected chi connectivity index (χ1v) is 7.76. The monoisotopic (exact) mass is 355 g/mol. The number of aromatic nitrogens is 3. The first kappa shape index (κ1) is 16.9. The SMILES string of the molecule is COc1ccc(-c2ncnc(-c3ccc(Cl)cc3)n2)c(OC(C)=O)c1. The fourth-order valence-electron chi connectivity index (χ4n) is 2.22. The summed E-state index contributed by atoms with van der Waals surface area (Å²) in [5, 5.41) is 0.630. The van der Waals surface area contributed by atoms with Gasteiger partial charge in [0.05, 0.1) is 12.7 Å². The Morgan fingerprint density at radius 1 is 1.04 bits per heavy atom. The summed E-state index contributed by atoms with van der Waals surface area (Å²) >= 11 is 5.91. The molecule has 3 aromatic rings. The molecule has 0 radical (unpaired) electrons. The van der Waals surface area contributed by atoms with Gasteiger partial charge in [-0.3, -0.25) is 4.79 Å². The summed E-state index contributed by atoms with van der Waals surface area (Å²) in [7, 11) is 1.54. The number of benzene rings is 2. The van der Waals surface area contributed by atoms with Gasteiger partial charge in [0, 0.05) is 23.6 Å². The highest BCUT2D eigenvalue weighted by atomic mass is 35.5. The van der Waals surface area contributed by atoms with E-state index in [-0.39, 0.29) is 0 Å². The molecule has 7 heteroatoms. The van der Waals surface area contributed by atoms with Crippen LogP contribution in [0, 0.1) is 0 Å². The fraction of sp³-hybridized carbons (Fsp3) is 0.111. The van der Waals surface area contributed by atoms with E-state index in [1.54, 1.807) is 30.3 Å². The third-order valence-electron chi connectivity index (χ3n) is 3.36. The Morgan fingerprint density at radius 2 is 1.76 bits per heavy atom. The summed E-state index contributed by atoms with van der Waals surface area (Å²) in [5.74, 6) is 1.32. The van der Waals surface area contributed by atoms with Gasteiger partial charge in [-0.25, -0.2) is 15.0 Å². The molecule has 0 N–H and O–H groups in total. The van der Waals surface area contributed by atoms with E-state index >= 15 is 0 Å². The van der Waals surface area contributed by atoms with E-state index in [1.807, 2.05) is 12.1 Å². The Labute approximate surface area is 149 Å². The van der Waals surface area contributed by atoms with Crippen LogP contribution in [0.25, 0.3) is 22.8 Å². The zero-order chi connectivity index (χ0) is 17.8. The molecule has 1 aromatic heterocycles. The number of carbonyl (C=O) groups is 1. The van der Waals surface area contributed by atoms with Crippen LogP contribution in [-0.2, 0) is 4.79 Å². The second-order valence-electron chi connectivity index (χ2n) is 5.10. The number of hydrogen-bond acceptors (Lipinski definition) is 6. The maximum absolute atomic E-state index is 11.4. The molecule has 0 fully saturated rings. The van der Waals surface area contributed by atoms with Crippen molar-refractivity contribution < 1.29 is 14.3 Å². The molecule has 0 aliphatic carbocycles. The number of esters is 1. The molecule has 0 aliphatic heterocycles. The maximum atomic E-state index is 11.4. The average molecular weight is 356 g/mol. The lowest BCUT2D eigenvalue weighted by atomic mass is 10.1. The molecule has 0 saturated carbocycles. The van der Waals surface area contributed by atoms with Crippen LogP contribution in [0.1, 0.15) is 6.92 Å². The van der Waals surface area contributed by atoms with Crippen molar-refractivity contribution in [3.63, 3.8) is 0 Å². The highest BCUT2D eigenvalue weighted by molar-refractivity contribution is 6.30. The van der Waals surface area contributed by atoms with Crippen molar-refractivity contribution in [1.82, 2.24) is 15.0 Å². The number of hydrogen-bond donors (Lipinski definition) is 0. The van der Waals surface area contributed by atoms with Gasteiger partial charge in [-0.05, 0) is 36.4 Å². The minimum atomic E-state index is -0.443. The van der Waals surface area contributed by atoms with E-state index in [0.29, 0.717) is 33.7 Å². The van der Waals surface area contributed by atoms with Gasteiger partial charge >= 0.3 is 5.97 Å². The van der Waals surface area contributed by atoms with Crippen LogP contribution < -0.4 is 9.47 Å². The van der Waals surface area contributed by atoms with Gasteiger partial charge in [0.2, 0.25) is 0 Å². The van der Waals surface area contributed by atoms with Gasteiger partial charge < -0.3 is 9.47 Å². The van der Waals surface area contributed by atoms with Crippen molar-refractivity contribution in [3.05, 3.63) is 53.8 Å². The van der Waals surface area contributed by atoms with E-state index in [2.05, 4.69) is 15.0 Å². The van der Waals surface area contributed by atoms with Gasteiger partial charge in [0.1, 0.15) is 17.8 Å². The molecule has 0 saturated heterocycles. The standard InChI is InChI=1S/C18H14ClN3O3/c1-11(23)25-16-9-14(24-2)7-8-15(16)18-21-10-20-17(22-18)12-3-5-13(19)6-4-12/h3-10H,1-2H3. The minimum absolute atomic E-state index is 0.320. The van der Waals surface area contributed by atoms with Crippen LogP contribution in [0.3, 0.4) is 0 Å². The van der Waals surface area contributed by atoms with Crippen LogP contribution in [0.2, 0.25) is 5.02 Å². The lowest BCUT2D eigenvalue weighted by Crippen LogP contribution is -2.04. The molecule has 126 valence electrons. The van der Waals surface area contributed by atoms with Crippen molar-refractivity contribution in [2.24, 2.45) is 0 Å². The van der Waals surface area contributed by atoms with E-state index in [4.69, 9.17) is 21.1 Å². The first-order valence-electron chi connectivity index (χ1n) is 7.38. The summed E-state index contributed by atoms with van der Waals surface area (Å²) in [5.41, 5.74) is 1.37. The number of carbonyl (C=O) groups excluding carboxylic acids is 1. The Balaban J connectivity index is 2.06. The molecule has 3 rings (SSSR count). The maximum Gasteiger partial charge on any atom is 0.308 e. The van der Waals surface area contributed by atoms with E-state index in [0.717, 1.165) is 5.56 Å². The van der Waals surface area contributed by atoms with Gasteiger partial charge in [-0.1, -0.05) is 11.6 Å². The second kappa shape index (κ2) is 7.27. The quantitative estimate of drug-likeness (QED) is 0.523. The molecule has 25 heavy (non-hydrogen) atoms. The smallest absolute Gasteiger partial charge is 0.308 e. The summed E-state index contributed by atoms with van der Waals surface area (Å²) in [6.07, 6.45) is 1.41. The predicted molar refractivity (Wildman–Crippen MR) is 93.6 cm³/mol. The van der Waals surface area contributed by atoms with Gasteiger partial charge in [-0.15, -0.1) is 0 Å². The van der Waals surface area contributed by atoms with Crippen molar-refractivity contribution in [2.45, 2.75) is 6.92 Å². The van der Waals surface area contributed by atoms with Gasteiger partial charge in [0.15, 0.2) is 11.6 Å². The lowest BCUT2D eigenvalue weighted by molar-refractivity contribution is -0.131. The summed E-state index contributed by atoms with van der Waals surface area (Å²) in [6, 6.07) is 12.3. The molecule has 0 atom stereocenters. The minimum Gasteiger partial charge on any atom is -0.497 e. The predicted octanol–water partition coefficient (Wildman–Crippen LogP) is 3.79.